The van der Waals surface area contributed by atoms with Gasteiger partial charge in [-0.3, -0.25) is 4.79 Å². The Bertz CT molecular complexity index is 215. The SMILES string of the molecule is CCN(CCCC(=O)NC)CC1CCCCN1. The van der Waals surface area contributed by atoms with Gasteiger partial charge in [0.15, 0.2) is 0 Å². The van der Waals surface area contributed by atoms with Gasteiger partial charge >= 0.3 is 0 Å². The van der Waals surface area contributed by atoms with Crippen LogP contribution in [0.5, 0.6) is 0 Å². The molecular formula is C13H27N3O. The molecule has 100 valence electrons. The molecule has 0 aromatic rings. The van der Waals surface area contributed by atoms with Crippen LogP contribution in [0.3, 0.4) is 0 Å². The fraction of sp³-hybridized carbons (Fsp3) is 0.923. The van der Waals surface area contributed by atoms with Gasteiger partial charge in [-0.25, -0.2) is 0 Å². The van der Waals surface area contributed by atoms with Crippen molar-refractivity contribution < 1.29 is 4.79 Å². The van der Waals surface area contributed by atoms with Crippen LogP contribution in [0, 0.1) is 0 Å². The maximum absolute atomic E-state index is 11.1. The first-order valence-electron chi connectivity index (χ1n) is 6.92. The van der Waals surface area contributed by atoms with E-state index in [2.05, 4.69) is 22.5 Å². The molecule has 0 aliphatic carbocycles. The van der Waals surface area contributed by atoms with Gasteiger partial charge in [-0.2, -0.15) is 0 Å². The molecule has 0 aromatic heterocycles. The monoisotopic (exact) mass is 241 g/mol. The average Bonchev–Trinajstić information content (AvgIpc) is 2.38. The fourth-order valence-electron chi connectivity index (χ4n) is 2.36. The van der Waals surface area contributed by atoms with Crippen molar-refractivity contribution in [3.63, 3.8) is 0 Å². The topological polar surface area (TPSA) is 44.4 Å². The molecule has 1 amide bonds. The zero-order valence-electron chi connectivity index (χ0n) is 11.3. The van der Waals surface area contributed by atoms with Crippen molar-refractivity contribution in [3.05, 3.63) is 0 Å². The maximum Gasteiger partial charge on any atom is 0.219 e. The number of piperidine rings is 1. The summed E-state index contributed by atoms with van der Waals surface area (Å²) in [6.07, 6.45) is 5.57. The lowest BCUT2D eigenvalue weighted by Gasteiger charge is -2.29. The first-order chi connectivity index (χ1) is 8.26. The van der Waals surface area contributed by atoms with Crippen LogP contribution < -0.4 is 10.6 Å². The van der Waals surface area contributed by atoms with Crippen LogP contribution in [0.15, 0.2) is 0 Å². The van der Waals surface area contributed by atoms with E-state index in [1.54, 1.807) is 7.05 Å². The zero-order valence-corrected chi connectivity index (χ0v) is 11.3. The van der Waals surface area contributed by atoms with Crippen molar-refractivity contribution in [1.82, 2.24) is 15.5 Å². The van der Waals surface area contributed by atoms with Crippen molar-refractivity contribution >= 4 is 5.91 Å². The van der Waals surface area contributed by atoms with Gasteiger partial charge in [0.1, 0.15) is 0 Å². The minimum atomic E-state index is 0.150. The maximum atomic E-state index is 11.1. The third-order valence-corrected chi connectivity index (χ3v) is 3.50. The van der Waals surface area contributed by atoms with Crippen LogP contribution in [0.4, 0.5) is 0 Å². The first-order valence-corrected chi connectivity index (χ1v) is 6.92. The van der Waals surface area contributed by atoms with Crippen molar-refractivity contribution in [2.45, 2.75) is 45.1 Å². The molecule has 1 aliphatic rings. The molecule has 2 N–H and O–H groups in total. The molecule has 1 fully saturated rings. The van der Waals surface area contributed by atoms with E-state index in [1.165, 1.54) is 25.8 Å². The number of carbonyl (C=O) groups is 1. The van der Waals surface area contributed by atoms with Crippen LogP contribution in [0.25, 0.3) is 0 Å². The van der Waals surface area contributed by atoms with Crippen LogP contribution in [-0.4, -0.2) is 50.1 Å². The Kier molecular flexibility index (Phi) is 7.21. The Labute approximate surface area is 105 Å². The van der Waals surface area contributed by atoms with Crippen molar-refractivity contribution in [3.8, 4) is 0 Å². The van der Waals surface area contributed by atoms with Crippen LogP contribution >= 0.6 is 0 Å². The molecule has 0 saturated carbocycles. The summed E-state index contributed by atoms with van der Waals surface area (Å²) >= 11 is 0. The second-order valence-corrected chi connectivity index (χ2v) is 4.82. The smallest absolute Gasteiger partial charge is 0.219 e. The molecule has 0 spiro atoms. The Morgan fingerprint density at radius 3 is 2.88 bits per heavy atom. The minimum absolute atomic E-state index is 0.150. The Morgan fingerprint density at radius 2 is 2.29 bits per heavy atom. The number of likely N-dealkylation sites (N-methyl/N-ethyl adjacent to an activating group) is 1. The third kappa shape index (κ3) is 6.03. The molecule has 1 saturated heterocycles. The predicted molar refractivity (Wildman–Crippen MR) is 71.1 cm³/mol. The van der Waals surface area contributed by atoms with Gasteiger partial charge in [0.25, 0.3) is 0 Å². The Hall–Kier alpha value is -0.610. The van der Waals surface area contributed by atoms with E-state index in [1.807, 2.05) is 0 Å². The zero-order chi connectivity index (χ0) is 12.5. The molecule has 4 heteroatoms. The molecule has 17 heavy (non-hydrogen) atoms. The van der Waals surface area contributed by atoms with Crippen molar-refractivity contribution in [2.75, 3.05) is 33.2 Å². The Morgan fingerprint density at radius 1 is 1.47 bits per heavy atom. The highest BCUT2D eigenvalue weighted by Gasteiger charge is 2.15. The number of amides is 1. The first kappa shape index (κ1) is 14.5. The second kappa shape index (κ2) is 8.48. The third-order valence-electron chi connectivity index (χ3n) is 3.50. The van der Waals surface area contributed by atoms with E-state index < -0.39 is 0 Å². The molecule has 1 aliphatic heterocycles. The van der Waals surface area contributed by atoms with Crippen molar-refractivity contribution in [2.24, 2.45) is 0 Å². The van der Waals surface area contributed by atoms with E-state index in [4.69, 9.17) is 0 Å². The molecular weight excluding hydrogens is 214 g/mol. The van der Waals surface area contributed by atoms with Gasteiger partial charge in [0, 0.05) is 26.1 Å². The van der Waals surface area contributed by atoms with E-state index >= 15 is 0 Å². The minimum Gasteiger partial charge on any atom is -0.359 e. The van der Waals surface area contributed by atoms with E-state index in [0.29, 0.717) is 12.5 Å². The summed E-state index contributed by atoms with van der Waals surface area (Å²) in [6, 6.07) is 0.656. The molecule has 1 atom stereocenters. The quantitative estimate of drug-likeness (QED) is 0.698. The summed E-state index contributed by atoms with van der Waals surface area (Å²) in [7, 11) is 1.70. The molecule has 4 nitrogen and oxygen atoms in total. The number of hydrogen-bond donors (Lipinski definition) is 2. The molecule has 1 heterocycles. The summed E-state index contributed by atoms with van der Waals surface area (Å²) < 4.78 is 0. The number of nitrogens with one attached hydrogen (secondary N) is 2. The number of carbonyl (C=O) groups excluding carboxylic acids is 1. The molecule has 0 bridgehead atoms. The van der Waals surface area contributed by atoms with Gasteiger partial charge in [-0.15, -0.1) is 0 Å². The van der Waals surface area contributed by atoms with E-state index in [-0.39, 0.29) is 5.91 Å². The summed E-state index contributed by atoms with van der Waals surface area (Å²) in [5, 5.41) is 6.24. The van der Waals surface area contributed by atoms with Gasteiger partial charge < -0.3 is 15.5 Å². The Balaban J connectivity index is 2.16. The van der Waals surface area contributed by atoms with Gasteiger partial charge in [0.2, 0.25) is 5.91 Å². The normalized spacial score (nSPS) is 20.5. The summed E-state index contributed by atoms with van der Waals surface area (Å²) in [6.45, 7) is 6.60. The van der Waals surface area contributed by atoms with Crippen LogP contribution in [-0.2, 0) is 4.79 Å². The lowest BCUT2D eigenvalue weighted by atomic mass is 10.0. The van der Waals surface area contributed by atoms with Gasteiger partial charge in [-0.05, 0) is 38.9 Å². The highest BCUT2D eigenvalue weighted by Crippen LogP contribution is 2.09. The molecule has 1 unspecified atom stereocenters. The number of nitrogens with zero attached hydrogens (tertiary/aromatic N) is 1. The number of rotatable bonds is 7. The standard InChI is InChI=1S/C13H27N3O/c1-3-16(10-6-8-13(17)14-2)11-12-7-4-5-9-15-12/h12,15H,3-11H2,1-2H3,(H,14,17). The van der Waals surface area contributed by atoms with E-state index in [0.717, 1.165) is 26.1 Å². The van der Waals surface area contributed by atoms with Crippen molar-refractivity contribution in [1.29, 1.82) is 0 Å². The average molecular weight is 241 g/mol. The second-order valence-electron chi connectivity index (χ2n) is 4.82. The lowest BCUT2D eigenvalue weighted by molar-refractivity contribution is -0.120. The highest BCUT2D eigenvalue weighted by molar-refractivity contribution is 5.75. The summed E-state index contributed by atoms with van der Waals surface area (Å²) in [5.41, 5.74) is 0. The summed E-state index contributed by atoms with van der Waals surface area (Å²) in [4.78, 5) is 13.6. The lowest BCUT2D eigenvalue weighted by Crippen LogP contribution is -2.44. The fourth-order valence-corrected chi connectivity index (χ4v) is 2.36. The van der Waals surface area contributed by atoms with E-state index in [9.17, 15) is 4.79 Å². The highest BCUT2D eigenvalue weighted by atomic mass is 16.1. The van der Waals surface area contributed by atoms with Crippen LogP contribution in [0.1, 0.15) is 39.0 Å². The molecule has 0 radical (unpaired) electrons. The molecule has 0 aromatic carbocycles. The predicted octanol–water partition coefficient (Wildman–Crippen LogP) is 0.977. The van der Waals surface area contributed by atoms with Gasteiger partial charge in [-0.1, -0.05) is 13.3 Å². The largest absolute Gasteiger partial charge is 0.359 e. The molecule has 1 rings (SSSR count). The van der Waals surface area contributed by atoms with Gasteiger partial charge in [0.05, 0.1) is 0 Å². The summed E-state index contributed by atoms with van der Waals surface area (Å²) in [5.74, 6) is 0.150. The number of hydrogen-bond acceptors (Lipinski definition) is 3. The van der Waals surface area contributed by atoms with Crippen LogP contribution in [0.2, 0.25) is 0 Å².